The molecule has 0 bridgehead atoms. The summed E-state index contributed by atoms with van der Waals surface area (Å²) >= 11 is 0. The Bertz CT molecular complexity index is 758. The van der Waals surface area contributed by atoms with Crippen LogP contribution in [-0.2, 0) is 19.1 Å². The van der Waals surface area contributed by atoms with Crippen molar-refractivity contribution >= 4 is 11.9 Å². The van der Waals surface area contributed by atoms with Crippen LogP contribution in [0.5, 0.6) is 0 Å². The Kier molecular flexibility index (Phi) is 6.42. The zero-order valence-electron chi connectivity index (χ0n) is 14.0. The molecular formula is C13H19N3O9. The van der Waals surface area contributed by atoms with Crippen molar-refractivity contribution in [2.24, 2.45) is 0 Å². The number of nitrogens with zero attached hydrogens (tertiary/aromatic N) is 2. The quantitative estimate of drug-likeness (QED) is 0.474. The topological polar surface area (TPSA) is 170 Å². The zero-order valence-corrected chi connectivity index (χ0v) is 14.0. The molecule has 0 spiro atoms. The first-order valence-electron chi connectivity index (χ1n) is 7.07. The molecule has 0 aliphatic rings. The number of H-pyrrole nitrogens is 1. The van der Waals surface area contributed by atoms with E-state index in [1.54, 1.807) is 4.98 Å². The number of aliphatic carboxylic acids is 2. The van der Waals surface area contributed by atoms with Crippen molar-refractivity contribution in [1.29, 1.82) is 0 Å². The van der Waals surface area contributed by atoms with Gasteiger partial charge in [-0.05, 0) is 13.8 Å². The molecule has 0 aromatic carbocycles. The van der Waals surface area contributed by atoms with Gasteiger partial charge in [0.1, 0.15) is 0 Å². The van der Waals surface area contributed by atoms with E-state index < -0.39 is 53.3 Å². The molecule has 1 rings (SSSR count). The van der Waals surface area contributed by atoms with Gasteiger partial charge in [-0.3, -0.25) is 4.98 Å². The molecule has 1 aromatic heterocycles. The van der Waals surface area contributed by atoms with Crippen LogP contribution >= 0.6 is 0 Å². The number of carboxylic acid groups (broad SMARTS) is 2. The number of methoxy groups -OCH3 is 2. The number of ether oxygens (including phenoxy) is 2. The van der Waals surface area contributed by atoms with Gasteiger partial charge >= 0.3 is 29.0 Å². The summed E-state index contributed by atoms with van der Waals surface area (Å²) in [6.07, 6.45) is -2.24. The molecule has 1 heterocycles. The second kappa shape index (κ2) is 7.90. The lowest BCUT2D eigenvalue weighted by atomic mass is 10.1. The molecule has 4 unspecified atom stereocenters. The molecule has 0 radical (unpaired) electrons. The lowest BCUT2D eigenvalue weighted by Crippen LogP contribution is -2.57. The van der Waals surface area contributed by atoms with Crippen LogP contribution < -0.4 is 17.1 Å². The molecule has 140 valence electrons. The van der Waals surface area contributed by atoms with E-state index in [2.05, 4.69) is 0 Å². The van der Waals surface area contributed by atoms with E-state index in [-0.39, 0.29) is 9.13 Å². The van der Waals surface area contributed by atoms with Crippen molar-refractivity contribution in [3.05, 3.63) is 31.5 Å². The molecule has 3 N–H and O–H groups in total. The van der Waals surface area contributed by atoms with Gasteiger partial charge in [-0.2, -0.15) is 0 Å². The highest BCUT2D eigenvalue weighted by molar-refractivity contribution is 5.73. The Morgan fingerprint density at radius 2 is 1.20 bits per heavy atom. The fourth-order valence-electron chi connectivity index (χ4n) is 2.29. The predicted molar refractivity (Wildman–Crippen MR) is 81.9 cm³/mol. The highest BCUT2D eigenvalue weighted by atomic mass is 16.5. The Balaban J connectivity index is 3.84. The fourth-order valence-corrected chi connectivity index (χ4v) is 2.29. The summed E-state index contributed by atoms with van der Waals surface area (Å²) in [5.41, 5.74) is -3.99. The normalized spacial score (nSPS) is 16.0. The molecule has 25 heavy (non-hydrogen) atoms. The van der Waals surface area contributed by atoms with Gasteiger partial charge in [0.25, 0.3) is 0 Å². The third-order valence-electron chi connectivity index (χ3n) is 3.76. The van der Waals surface area contributed by atoms with Crippen LogP contribution in [0.3, 0.4) is 0 Å². The highest BCUT2D eigenvalue weighted by Gasteiger charge is 2.35. The van der Waals surface area contributed by atoms with Gasteiger partial charge in [0.05, 0.1) is 12.2 Å². The van der Waals surface area contributed by atoms with E-state index in [0.717, 1.165) is 0 Å². The van der Waals surface area contributed by atoms with Gasteiger partial charge in [-0.25, -0.2) is 33.1 Å². The number of nitrogens with one attached hydrogen (secondary N) is 1. The highest BCUT2D eigenvalue weighted by Crippen LogP contribution is 2.13. The molecule has 0 amide bonds. The number of hydrogen-bond acceptors (Lipinski definition) is 7. The lowest BCUT2D eigenvalue weighted by molar-refractivity contribution is -0.145. The standard InChI is InChI=1S/C13H19N3O9/c1-5(24-3)7(9(17)18)15-11(21)14-12(22)16(13(15)23)8(10(19)20)6(2)25-4/h5-8H,1-4H3,(H,17,18)(H,19,20)(H,14,21,22). The molecule has 0 saturated heterocycles. The van der Waals surface area contributed by atoms with Crippen molar-refractivity contribution < 1.29 is 29.3 Å². The molecule has 12 nitrogen and oxygen atoms in total. The van der Waals surface area contributed by atoms with Crippen LogP contribution in [-0.4, -0.2) is 62.7 Å². The van der Waals surface area contributed by atoms with Gasteiger partial charge in [0.15, 0.2) is 12.1 Å². The average Bonchev–Trinajstić information content (AvgIpc) is 2.52. The number of carbonyl (C=O) groups is 2. The third kappa shape index (κ3) is 3.85. The van der Waals surface area contributed by atoms with E-state index in [0.29, 0.717) is 0 Å². The number of aromatic amines is 1. The molecule has 12 heteroatoms. The van der Waals surface area contributed by atoms with Gasteiger partial charge < -0.3 is 19.7 Å². The van der Waals surface area contributed by atoms with E-state index in [9.17, 15) is 34.2 Å². The van der Waals surface area contributed by atoms with Crippen LogP contribution in [0, 0.1) is 0 Å². The van der Waals surface area contributed by atoms with Crippen molar-refractivity contribution in [2.45, 2.75) is 38.1 Å². The van der Waals surface area contributed by atoms with Gasteiger partial charge in [-0.1, -0.05) is 0 Å². The maximum absolute atomic E-state index is 12.6. The largest absolute Gasteiger partial charge is 0.480 e. The van der Waals surface area contributed by atoms with Crippen molar-refractivity contribution in [1.82, 2.24) is 14.1 Å². The average molecular weight is 361 g/mol. The Hall–Kier alpha value is -2.73. The minimum atomic E-state index is -1.78. The Morgan fingerprint density at radius 1 is 0.880 bits per heavy atom. The first kappa shape index (κ1) is 20.3. The summed E-state index contributed by atoms with van der Waals surface area (Å²) in [6.45, 7) is 2.60. The van der Waals surface area contributed by atoms with Crippen molar-refractivity contribution in [3.8, 4) is 0 Å². The molecule has 0 saturated carbocycles. The van der Waals surface area contributed by atoms with E-state index in [4.69, 9.17) is 9.47 Å². The SMILES string of the molecule is COC(C)C(C(=O)O)n1c(=O)[nH]c(=O)n(C(C(=O)O)C(C)OC)c1=O. The van der Waals surface area contributed by atoms with E-state index >= 15 is 0 Å². The number of rotatable bonds is 8. The molecule has 1 aromatic rings. The first-order chi connectivity index (χ1) is 11.6. The summed E-state index contributed by atoms with van der Waals surface area (Å²) in [7, 11) is 2.34. The molecular weight excluding hydrogens is 342 g/mol. The second-order valence-corrected chi connectivity index (χ2v) is 5.21. The molecule has 0 aliphatic heterocycles. The maximum atomic E-state index is 12.6. The maximum Gasteiger partial charge on any atom is 0.338 e. The molecule has 0 aliphatic carbocycles. The summed E-state index contributed by atoms with van der Waals surface area (Å²) in [5.74, 6) is -3.14. The van der Waals surface area contributed by atoms with Crippen LogP contribution in [0.4, 0.5) is 0 Å². The Labute approximate surface area is 140 Å². The summed E-state index contributed by atoms with van der Waals surface area (Å²) in [6, 6.07) is -3.55. The fraction of sp³-hybridized carbons (Fsp3) is 0.615. The lowest BCUT2D eigenvalue weighted by Gasteiger charge is -2.24. The van der Waals surface area contributed by atoms with Crippen LogP contribution in [0.1, 0.15) is 25.9 Å². The first-order valence-corrected chi connectivity index (χ1v) is 7.07. The van der Waals surface area contributed by atoms with Gasteiger partial charge in [0.2, 0.25) is 0 Å². The number of carboxylic acids is 2. The summed E-state index contributed by atoms with van der Waals surface area (Å²) < 4.78 is 10.2. The number of hydrogen-bond donors (Lipinski definition) is 3. The monoisotopic (exact) mass is 361 g/mol. The predicted octanol–water partition coefficient (Wildman–Crippen LogP) is -1.98. The Morgan fingerprint density at radius 3 is 1.44 bits per heavy atom. The summed E-state index contributed by atoms with van der Waals surface area (Å²) in [5, 5.41) is 18.6. The van der Waals surface area contributed by atoms with Crippen LogP contribution in [0.15, 0.2) is 14.4 Å². The molecule has 4 atom stereocenters. The van der Waals surface area contributed by atoms with Gasteiger partial charge in [0, 0.05) is 14.2 Å². The number of aromatic nitrogens is 3. The van der Waals surface area contributed by atoms with Gasteiger partial charge in [-0.15, -0.1) is 0 Å². The van der Waals surface area contributed by atoms with Crippen LogP contribution in [0.25, 0.3) is 0 Å². The van der Waals surface area contributed by atoms with E-state index in [1.807, 2.05) is 0 Å². The minimum absolute atomic E-state index is 0.232. The molecule has 0 fully saturated rings. The van der Waals surface area contributed by atoms with Crippen LogP contribution in [0.2, 0.25) is 0 Å². The van der Waals surface area contributed by atoms with Crippen molar-refractivity contribution in [2.75, 3.05) is 14.2 Å². The van der Waals surface area contributed by atoms with Crippen molar-refractivity contribution in [3.63, 3.8) is 0 Å². The third-order valence-corrected chi connectivity index (χ3v) is 3.76. The zero-order chi connectivity index (χ0) is 19.5. The van der Waals surface area contributed by atoms with E-state index in [1.165, 1.54) is 28.1 Å². The summed E-state index contributed by atoms with van der Waals surface area (Å²) in [4.78, 5) is 61.3. The minimum Gasteiger partial charge on any atom is -0.480 e. The smallest absolute Gasteiger partial charge is 0.338 e. The second-order valence-electron chi connectivity index (χ2n) is 5.21.